The van der Waals surface area contributed by atoms with Gasteiger partial charge in [-0.1, -0.05) is 0 Å². The fourth-order valence-corrected chi connectivity index (χ4v) is 2.99. The van der Waals surface area contributed by atoms with Gasteiger partial charge < -0.3 is 19.8 Å². The second-order valence-electron chi connectivity index (χ2n) is 3.78. The third-order valence-corrected chi connectivity index (χ3v) is 3.80. The van der Waals surface area contributed by atoms with Crippen LogP contribution in [0.2, 0.25) is 0 Å². The van der Waals surface area contributed by atoms with Crippen molar-refractivity contribution in [3.8, 4) is 5.75 Å². The van der Waals surface area contributed by atoms with Gasteiger partial charge in [0.15, 0.2) is 0 Å². The number of benzene rings is 1. The molecule has 3 rings (SSSR count). The number of hydrogen-bond donors (Lipinski definition) is 1. The van der Waals surface area contributed by atoms with Crippen molar-refractivity contribution in [1.29, 1.82) is 0 Å². The first-order chi connectivity index (χ1) is 7.81. The van der Waals surface area contributed by atoms with Crippen molar-refractivity contribution in [3.05, 3.63) is 21.3 Å². The second kappa shape index (κ2) is 5.32. The largest absolute Gasteiger partial charge is 0.498 e. The van der Waals surface area contributed by atoms with Crippen LogP contribution in [0.25, 0.3) is 0 Å². The van der Waals surface area contributed by atoms with Crippen molar-refractivity contribution >= 4 is 47.6 Å². The fraction of sp³-hybridized carbons (Fsp3) is 0.400. The van der Waals surface area contributed by atoms with Gasteiger partial charge in [-0.3, -0.25) is 0 Å². The van der Waals surface area contributed by atoms with E-state index in [1.165, 1.54) is 0 Å². The molecule has 0 saturated carbocycles. The molecule has 92 valence electrons. The lowest BCUT2D eigenvalue weighted by molar-refractivity contribution is 0.147. The van der Waals surface area contributed by atoms with E-state index in [0.717, 1.165) is 20.3 Å². The van der Waals surface area contributed by atoms with E-state index in [9.17, 15) is 0 Å². The highest BCUT2D eigenvalue weighted by molar-refractivity contribution is 14.1. The molecule has 4 nitrogen and oxygen atoms in total. The van der Waals surface area contributed by atoms with Crippen LogP contribution in [0.15, 0.2) is 12.1 Å². The molecule has 2 heterocycles. The van der Waals surface area contributed by atoms with Gasteiger partial charge in [0.25, 0.3) is 0 Å². The molecule has 2 N–H and O–H groups in total. The van der Waals surface area contributed by atoms with Gasteiger partial charge in [0.05, 0.1) is 12.7 Å². The molecule has 0 spiro atoms. The van der Waals surface area contributed by atoms with Crippen molar-refractivity contribution in [2.45, 2.75) is 6.10 Å². The Labute approximate surface area is 120 Å². The van der Waals surface area contributed by atoms with Crippen molar-refractivity contribution in [2.75, 3.05) is 19.8 Å². The molecular weight excluding hydrogens is 355 g/mol. The Morgan fingerprint density at radius 3 is 3.00 bits per heavy atom. The summed E-state index contributed by atoms with van der Waals surface area (Å²) in [6.45, 7) is 1.58. The Morgan fingerprint density at radius 1 is 1.41 bits per heavy atom. The van der Waals surface area contributed by atoms with E-state index in [1.54, 1.807) is 0 Å². The van der Waals surface area contributed by atoms with Gasteiger partial charge in [-0.05, 0) is 40.3 Å². The van der Waals surface area contributed by atoms with Gasteiger partial charge in [0.1, 0.15) is 12.4 Å². The third-order valence-electron chi connectivity index (χ3n) is 2.86. The highest BCUT2D eigenvalue weighted by Crippen LogP contribution is 2.32. The zero-order valence-corrected chi connectivity index (χ0v) is 12.0. The quantitative estimate of drug-likeness (QED) is 0.591. The van der Waals surface area contributed by atoms with E-state index < -0.39 is 0 Å². The van der Waals surface area contributed by atoms with Crippen LogP contribution < -0.4 is 15.9 Å². The van der Waals surface area contributed by atoms with Crippen LogP contribution in [0, 0.1) is 3.57 Å². The molecule has 1 atom stereocenters. The number of halogens is 2. The van der Waals surface area contributed by atoms with Gasteiger partial charge in [0, 0.05) is 15.6 Å². The lowest BCUT2D eigenvalue weighted by Gasteiger charge is -2.13. The van der Waals surface area contributed by atoms with Crippen molar-refractivity contribution in [2.24, 2.45) is 5.73 Å². The van der Waals surface area contributed by atoms with Crippen LogP contribution in [0.1, 0.15) is 11.7 Å². The van der Waals surface area contributed by atoms with Crippen molar-refractivity contribution < 1.29 is 14.0 Å². The molecule has 0 radical (unpaired) electrons. The molecule has 0 aliphatic carbocycles. The minimum atomic E-state index is -0.309. The minimum Gasteiger partial charge on any atom is -0.492 e. The van der Waals surface area contributed by atoms with E-state index in [2.05, 4.69) is 22.6 Å². The van der Waals surface area contributed by atoms with Gasteiger partial charge in [-0.2, -0.15) is 0 Å². The number of ether oxygens (including phenoxy) is 1. The first-order valence-electron chi connectivity index (χ1n) is 5.23. The molecule has 2 aliphatic heterocycles. The summed E-state index contributed by atoms with van der Waals surface area (Å²) in [6, 6.07) is 4.01. The zero-order chi connectivity index (χ0) is 11.1. The van der Waals surface area contributed by atoms with Crippen LogP contribution >= 0.6 is 35.0 Å². The topological polar surface area (TPSA) is 53.7 Å². The van der Waals surface area contributed by atoms with Gasteiger partial charge in [-0.25, -0.2) is 0 Å². The van der Waals surface area contributed by atoms with Gasteiger partial charge >= 0.3 is 7.12 Å². The SMILES string of the molecule is Cl.NC[C@H]1OB2OCCOc3ccc(I)c1c32. The maximum atomic E-state index is 5.79. The lowest BCUT2D eigenvalue weighted by Crippen LogP contribution is -2.31. The number of rotatable bonds is 1. The molecule has 17 heavy (non-hydrogen) atoms. The monoisotopic (exact) mass is 367 g/mol. The predicted molar refractivity (Wildman–Crippen MR) is 76.1 cm³/mol. The van der Waals surface area contributed by atoms with Crippen LogP contribution in [0.3, 0.4) is 0 Å². The molecule has 1 aromatic carbocycles. The number of nitrogens with two attached hydrogens (primary N) is 1. The molecule has 0 fully saturated rings. The first kappa shape index (κ1) is 13.4. The minimum absolute atomic E-state index is 0. The molecule has 0 unspecified atom stereocenters. The van der Waals surface area contributed by atoms with Crippen molar-refractivity contribution in [3.63, 3.8) is 0 Å². The Balaban J connectivity index is 0.00000108. The molecular formula is C10H12BClINO3. The average molecular weight is 367 g/mol. The summed E-state index contributed by atoms with van der Waals surface area (Å²) in [5, 5.41) is 0. The van der Waals surface area contributed by atoms with Gasteiger partial charge in [0.2, 0.25) is 0 Å². The second-order valence-corrected chi connectivity index (χ2v) is 4.95. The summed E-state index contributed by atoms with van der Waals surface area (Å²) in [5.74, 6) is 0.869. The number of hydrogen-bond acceptors (Lipinski definition) is 4. The highest BCUT2D eigenvalue weighted by atomic mass is 127. The van der Waals surface area contributed by atoms with E-state index in [4.69, 9.17) is 19.8 Å². The van der Waals surface area contributed by atoms with Crippen LogP contribution in [0.4, 0.5) is 0 Å². The smallest absolute Gasteiger partial charge is 0.492 e. The Morgan fingerprint density at radius 2 is 2.24 bits per heavy atom. The van der Waals surface area contributed by atoms with E-state index in [1.807, 2.05) is 12.1 Å². The molecule has 1 aromatic rings. The van der Waals surface area contributed by atoms with Crippen LogP contribution in [0.5, 0.6) is 5.75 Å². The lowest BCUT2D eigenvalue weighted by atomic mass is 9.78. The molecule has 2 aliphatic rings. The molecule has 0 saturated heterocycles. The fourth-order valence-electron chi connectivity index (χ4n) is 2.17. The van der Waals surface area contributed by atoms with E-state index in [-0.39, 0.29) is 25.6 Å². The summed E-state index contributed by atoms with van der Waals surface area (Å²) < 4.78 is 18.2. The summed E-state index contributed by atoms with van der Waals surface area (Å²) in [5.41, 5.74) is 7.88. The Hall–Kier alpha value is -0.0151. The predicted octanol–water partition coefficient (Wildman–Crippen LogP) is 0.847. The first-order valence-corrected chi connectivity index (χ1v) is 6.31. The van der Waals surface area contributed by atoms with Gasteiger partial charge in [-0.15, -0.1) is 12.4 Å². The molecule has 7 heteroatoms. The normalized spacial score (nSPS) is 21.3. The third kappa shape index (κ3) is 2.17. The highest BCUT2D eigenvalue weighted by Gasteiger charge is 2.42. The van der Waals surface area contributed by atoms with Crippen LogP contribution in [-0.2, 0) is 9.31 Å². The summed E-state index contributed by atoms with van der Waals surface area (Å²) in [7, 11) is -0.309. The molecule has 0 bridgehead atoms. The average Bonchev–Trinajstić information content (AvgIpc) is 2.55. The Bertz CT molecular complexity index is 434. The van der Waals surface area contributed by atoms with Crippen molar-refractivity contribution in [1.82, 2.24) is 0 Å². The molecule has 0 amide bonds. The maximum absolute atomic E-state index is 5.79. The summed E-state index contributed by atoms with van der Waals surface area (Å²) in [4.78, 5) is 0. The van der Waals surface area contributed by atoms with E-state index >= 15 is 0 Å². The standard InChI is InChI=1S/C10H11BINO3.ClH/c12-6-1-2-7-10-9(6)8(5-13)16-11(10)15-4-3-14-7;/h1-2,8H,3-5,13H2;1H/t8-;/m1./s1. The van der Waals surface area contributed by atoms with E-state index in [0.29, 0.717) is 19.8 Å². The van der Waals surface area contributed by atoms with Crippen LogP contribution in [-0.4, -0.2) is 26.9 Å². The zero-order valence-electron chi connectivity index (χ0n) is 9.02. The Kier molecular flexibility index (Phi) is 4.20. The molecule has 0 aromatic heterocycles. The summed E-state index contributed by atoms with van der Waals surface area (Å²) in [6.07, 6.45) is -0.0754. The summed E-state index contributed by atoms with van der Waals surface area (Å²) >= 11 is 2.30. The maximum Gasteiger partial charge on any atom is 0.498 e.